The van der Waals surface area contributed by atoms with Gasteiger partial charge in [-0.05, 0) is 17.7 Å². The number of benzene rings is 2. The summed E-state index contributed by atoms with van der Waals surface area (Å²) >= 11 is 6.15. The molecule has 1 unspecified atom stereocenters. The predicted molar refractivity (Wildman–Crippen MR) is 83.2 cm³/mol. The second kappa shape index (κ2) is 5.51. The number of hydrogen-bond donors (Lipinski definition) is 0. The minimum atomic E-state index is -1.92. The topological polar surface area (TPSA) is 65.1 Å². The molecular formula is C17H12ClNO5. The van der Waals surface area contributed by atoms with Crippen molar-refractivity contribution in [3.8, 4) is 11.5 Å². The molecule has 1 atom stereocenters. The summed E-state index contributed by atoms with van der Waals surface area (Å²) in [7, 11) is 0. The Labute approximate surface area is 142 Å². The lowest BCUT2D eigenvalue weighted by molar-refractivity contribution is -0.201. The van der Waals surface area contributed by atoms with Crippen LogP contribution in [0.2, 0.25) is 0 Å². The van der Waals surface area contributed by atoms with E-state index in [9.17, 15) is 9.59 Å². The first-order valence-electron chi connectivity index (χ1n) is 7.28. The van der Waals surface area contributed by atoms with E-state index in [0.717, 1.165) is 5.56 Å². The third-order valence-corrected chi connectivity index (χ3v) is 4.28. The molecule has 0 N–H and O–H groups in total. The molecular weight excluding hydrogens is 334 g/mol. The fraction of sp³-hybridized carbons (Fsp3) is 0.176. The van der Waals surface area contributed by atoms with E-state index in [1.54, 1.807) is 24.3 Å². The number of halogens is 1. The lowest BCUT2D eigenvalue weighted by Crippen LogP contribution is -2.51. The molecule has 0 saturated carbocycles. The molecule has 122 valence electrons. The summed E-state index contributed by atoms with van der Waals surface area (Å²) in [5.74, 6) is -2.70. The lowest BCUT2D eigenvalue weighted by Gasteiger charge is -2.21. The van der Waals surface area contributed by atoms with E-state index >= 15 is 0 Å². The van der Waals surface area contributed by atoms with E-state index in [4.69, 9.17) is 25.9 Å². The van der Waals surface area contributed by atoms with Crippen molar-refractivity contribution in [3.05, 3.63) is 60.2 Å². The van der Waals surface area contributed by atoms with Crippen molar-refractivity contribution in [1.29, 1.82) is 0 Å². The molecule has 0 aromatic heterocycles. The van der Waals surface area contributed by atoms with Gasteiger partial charge in [-0.3, -0.25) is 14.4 Å². The summed E-state index contributed by atoms with van der Waals surface area (Å²) < 4.78 is 11.2. The van der Waals surface area contributed by atoms with Crippen molar-refractivity contribution in [1.82, 2.24) is 5.06 Å². The summed E-state index contributed by atoms with van der Waals surface area (Å²) in [4.78, 5) is 30.4. The highest BCUT2D eigenvalue weighted by Gasteiger charge is 2.67. The molecule has 0 radical (unpaired) electrons. The van der Waals surface area contributed by atoms with Gasteiger partial charge in [0.25, 0.3) is 5.91 Å². The molecule has 1 spiro atoms. The van der Waals surface area contributed by atoms with Crippen molar-refractivity contribution in [3.63, 3.8) is 0 Å². The van der Waals surface area contributed by atoms with Gasteiger partial charge in [-0.15, -0.1) is 16.7 Å². The van der Waals surface area contributed by atoms with E-state index in [0.29, 0.717) is 16.6 Å². The zero-order valence-electron chi connectivity index (χ0n) is 12.3. The summed E-state index contributed by atoms with van der Waals surface area (Å²) in [6.07, 6.45) is 0. The Bertz CT molecular complexity index is 785. The van der Waals surface area contributed by atoms with Gasteiger partial charge in [0.05, 0.1) is 0 Å². The predicted octanol–water partition coefficient (Wildman–Crippen LogP) is 2.26. The highest BCUT2D eigenvalue weighted by molar-refractivity contribution is 6.37. The maximum absolute atomic E-state index is 12.7. The molecule has 1 fully saturated rings. The largest absolute Gasteiger partial charge is 0.439 e. The Morgan fingerprint density at radius 3 is 2.21 bits per heavy atom. The van der Waals surface area contributed by atoms with Crippen LogP contribution in [0.15, 0.2) is 54.6 Å². The van der Waals surface area contributed by atoms with Crippen LogP contribution >= 0.6 is 11.6 Å². The molecule has 1 saturated heterocycles. The molecule has 2 aliphatic heterocycles. The van der Waals surface area contributed by atoms with Crippen molar-refractivity contribution in [2.45, 2.75) is 17.8 Å². The summed E-state index contributed by atoms with van der Waals surface area (Å²) in [6.45, 7) is 0.0466. The number of carbonyl (C=O) groups is 2. The van der Waals surface area contributed by atoms with Crippen LogP contribution in [0.25, 0.3) is 0 Å². The molecule has 2 aromatic carbocycles. The summed E-state index contributed by atoms with van der Waals surface area (Å²) in [6, 6.07) is 15.9. The molecule has 24 heavy (non-hydrogen) atoms. The van der Waals surface area contributed by atoms with Crippen LogP contribution in [-0.4, -0.2) is 28.0 Å². The van der Waals surface area contributed by atoms with Crippen molar-refractivity contribution in [2.24, 2.45) is 0 Å². The number of imide groups is 1. The molecule has 2 amide bonds. The fourth-order valence-corrected chi connectivity index (χ4v) is 2.88. The van der Waals surface area contributed by atoms with E-state index in [1.165, 1.54) is 0 Å². The molecule has 4 rings (SSSR count). The Balaban J connectivity index is 1.57. The molecule has 2 aromatic rings. The summed E-state index contributed by atoms with van der Waals surface area (Å²) in [5.41, 5.74) is 0.807. The van der Waals surface area contributed by atoms with Crippen LogP contribution in [-0.2, 0) is 21.0 Å². The van der Waals surface area contributed by atoms with Crippen molar-refractivity contribution < 1.29 is 23.9 Å². The minimum absolute atomic E-state index is 0.0466. The van der Waals surface area contributed by atoms with Gasteiger partial charge < -0.3 is 9.47 Å². The second-order valence-corrected chi connectivity index (χ2v) is 5.81. The zero-order valence-corrected chi connectivity index (χ0v) is 13.1. The maximum Gasteiger partial charge on any atom is 0.361 e. The average molecular weight is 346 g/mol. The van der Waals surface area contributed by atoms with Crippen LogP contribution in [0.3, 0.4) is 0 Å². The Kier molecular flexibility index (Phi) is 3.44. The van der Waals surface area contributed by atoms with Gasteiger partial charge in [0.15, 0.2) is 11.5 Å². The van der Waals surface area contributed by atoms with Gasteiger partial charge in [0, 0.05) is 0 Å². The van der Waals surface area contributed by atoms with E-state index in [1.807, 2.05) is 30.3 Å². The molecule has 2 heterocycles. The number of hydroxylamine groups is 2. The number of carbonyl (C=O) groups excluding carboxylic acids is 2. The van der Waals surface area contributed by atoms with Gasteiger partial charge in [-0.2, -0.15) is 0 Å². The lowest BCUT2D eigenvalue weighted by atomic mass is 10.2. The molecule has 7 heteroatoms. The Morgan fingerprint density at radius 1 is 1.00 bits per heavy atom. The maximum atomic E-state index is 12.7. The van der Waals surface area contributed by atoms with Crippen LogP contribution in [0.5, 0.6) is 11.5 Å². The van der Waals surface area contributed by atoms with Gasteiger partial charge in [-0.25, -0.2) is 0 Å². The van der Waals surface area contributed by atoms with Gasteiger partial charge in [0.1, 0.15) is 6.61 Å². The first-order valence-corrected chi connectivity index (χ1v) is 7.72. The number of nitrogens with zero attached hydrogens (tertiary/aromatic N) is 1. The summed E-state index contributed by atoms with van der Waals surface area (Å²) in [5, 5.41) is -0.718. The van der Waals surface area contributed by atoms with Crippen LogP contribution < -0.4 is 9.47 Å². The zero-order chi connectivity index (χ0) is 16.7. The highest BCUT2D eigenvalue weighted by Crippen LogP contribution is 2.45. The third-order valence-electron chi connectivity index (χ3n) is 3.81. The van der Waals surface area contributed by atoms with Gasteiger partial charge in [0.2, 0.25) is 5.38 Å². The fourth-order valence-electron chi connectivity index (χ4n) is 2.61. The van der Waals surface area contributed by atoms with E-state index in [-0.39, 0.29) is 6.61 Å². The molecule has 0 aliphatic carbocycles. The second-order valence-electron chi connectivity index (χ2n) is 5.38. The number of amides is 2. The standard InChI is InChI=1S/C17H12ClNO5/c18-14-15(20)19(22-10-11-6-2-1-3-7-11)16(21)17(14)23-12-8-4-5-9-13(12)24-17/h1-9,14H,10H2. The van der Waals surface area contributed by atoms with Crippen LogP contribution in [0, 0.1) is 0 Å². The number of para-hydroxylation sites is 2. The molecule has 6 nitrogen and oxygen atoms in total. The Morgan fingerprint density at radius 2 is 1.58 bits per heavy atom. The number of hydrogen-bond acceptors (Lipinski definition) is 5. The van der Waals surface area contributed by atoms with E-state index in [2.05, 4.69) is 0 Å². The number of fused-ring (bicyclic) bond motifs is 1. The normalized spacial score (nSPS) is 20.9. The monoisotopic (exact) mass is 345 g/mol. The first-order chi connectivity index (χ1) is 11.6. The van der Waals surface area contributed by atoms with Gasteiger partial charge in [-0.1, -0.05) is 42.5 Å². The molecule has 0 bridgehead atoms. The number of rotatable bonds is 3. The quantitative estimate of drug-likeness (QED) is 0.630. The number of ether oxygens (including phenoxy) is 2. The van der Waals surface area contributed by atoms with Crippen molar-refractivity contribution >= 4 is 23.4 Å². The SMILES string of the molecule is O=C1C(Cl)C2(Oc3ccccc3O2)C(=O)N1OCc1ccccc1. The highest BCUT2D eigenvalue weighted by atomic mass is 35.5. The van der Waals surface area contributed by atoms with Crippen LogP contribution in [0.4, 0.5) is 0 Å². The molecule has 2 aliphatic rings. The Hall–Kier alpha value is -2.57. The van der Waals surface area contributed by atoms with E-state index < -0.39 is 23.0 Å². The minimum Gasteiger partial charge on any atom is -0.439 e. The van der Waals surface area contributed by atoms with Crippen LogP contribution in [0.1, 0.15) is 5.56 Å². The van der Waals surface area contributed by atoms with Gasteiger partial charge >= 0.3 is 11.7 Å². The third kappa shape index (κ3) is 2.15. The average Bonchev–Trinajstić information content (AvgIpc) is 3.08. The smallest absolute Gasteiger partial charge is 0.361 e. The number of alkyl halides is 1. The first kappa shape index (κ1) is 15.0. The van der Waals surface area contributed by atoms with Crippen molar-refractivity contribution in [2.75, 3.05) is 0 Å².